The molecule has 0 unspecified atom stereocenters. The SMILES string of the molecule is CC(C)(C)c1cc(F)c(P(Cl)Cl)c(C(C)(C)C)c1. The maximum Gasteiger partial charge on any atom is 0.133 e. The molecule has 0 aliphatic carbocycles. The Morgan fingerprint density at radius 2 is 1.44 bits per heavy atom. The van der Waals surface area contributed by atoms with Gasteiger partial charge in [0.25, 0.3) is 0 Å². The van der Waals surface area contributed by atoms with Gasteiger partial charge in [-0.2, -0.15) is 0 Å². The van der Waals surface area contributed by atoms with Gasteiger partial charge < -0.3 is 0 Å². The first-order valence-electron chi connectivity index (χ1n) is 5.91. The van der Waals surface area contributed by atoms with Gasteiger partial charge in [0.2, 0.25) is 0 Å². The maximum absolute atomic E-state index is 14.3. The lowest BCUT2D eigenvalue weighted by atomic mass is 9.80. The Morgan fingerprint density at radius 1 is 0.944 bits per heavy atom. The number of hydrogen-bond acceptors (Lipinski definition) is 0. The van der Waals surface area contributed by atoms with Crippen LogP contribution in [0.15, 0.2) is 12.1 Å². The zero-order chi connectivity index (χ0) is 14.3. The molecule has 0 amide bonds. The highest BCUT2D eigenvalue weighted by molar-refractivity contribution is 8.08. The van der Waals surface area contributed by atoms with Crippen LogP contribution in [0.1, 0.15) is 52.7 Å². The highest BCUT2D eigenvalue weighted by Gasteiger charge is 2.27. The minimum atomic E-state index is -1.48. The molecule has 0 aromatic heterocycles. The van der Waals surface area contributed by atoms with Gasteiger partial charge in [0, 0.05) is 5.30 Å². The molecule has 4 heteroatoms. The van der Waals surface area contributed by atoms with Crippen LogP contribution in [0.3, 0.4) is 0 Å². The van der Waals surface area contributed by atoms with E-state index in [9.17, 15) is 4.39 Å². The smallest absolute Gasteiger partial charge is 0.133 e. The van der Waals surface area contributed by atoms with Crippen molar-refractivity contribution < 1.29 is 4.39 Å². The zero-order valence-electron chi connectivity index (χ0n) is 11.7. The van der Waals surface area contributed by atoms with Gasteiger partial charge in [-0.05, 0) is 28.0 Å². The fourth-order valence-corrected chi connectivity index (χ4v) is 3.61. The van der Waals surface area contributed by atoms with Gasteiger partial charge in [-0.25, -0.2) is 4.39 Å². The predicted octanol–water partition coefficient (Wildman–Crippen LogP) is 5.84. The van der Waals surface area contributed by atoms with Crippen molar-refractivity contribution in [3.63, 3.8) is 0 Å². The highest BCUT2D eigenvalue weighted by Crippen LogP contribution is 2.49. The van der Waals surface area contributed by atoms with Crippen LogP contribution in [0.5, 0.6) is 0 Å². The van der Waals surface area contributed by atoms with Gasteiger partial charge >= 0.3 is 0 Å². The summed E-state index contributed by atoms with van der Waals surface area (Å²) in [5, 5.41) is 0.467. The summed E-state index contributed by atoms with van der Waals surface area (Å²) < 4.78 is 14.3. The van der Waals surface area contributed by atoms with Crippen molar-refractivity contribution in [2.24, 2.45) is 0 Å². The third kappa shape index (κ3) is 3.59. The van der Waals surface area contributed by atoms with Crippen molar-refractivity contribution in [1.82, 2.24) is 0 Å². The normalized spacial score (nSPS) is 13.2. The average molecular weight is 309 g/mol. The van der Waals surface area contributed by atoms with E-state index in [1.807, 2.05) is 26.8 Å². The van der Waals surface area contributed by atoms with Crippen LogP contribution in [-0.4, -0.2) is 0 Å². The molecule has 0 fully saturated rings. The quantitative estimate of drug-likeness (QED) is 0.572. The lowest BCUT2D eigenvalue weighted by Gasteiger charge is -2.28. The van der Waals surface area contributed by atoms with E-state index in [0.717, 1.165) is 11.1 Å². The van der Waals surface area contributed by atoms with Gasteiger partial charge in [0.05, 0.1) is 0 Å². The predicted molar refractivity (Wildman–Crippen MR) is 82.1 cm³/mol. The molecule has 102 valence electrons. The summed E-state index contributed by atoms with van der Waals surface area (Å²) in [4.78, 5) is 0. The first-order chi connectivity index (χ1) is 7.94. The van der Waals surface area contributed by atoms with Crippen molar-refractivity contribution in [3.05, 3.63) is 29.1 Å². The lowest BCUT2D eigenvalue weighted by molar-refractivity contribution is 0.553. The van der Waals surface area contributed by atoms with Gasteiger partial charge in [-0.1, -0.05) is 70.1 Å². The minimum Gasteiger partial charge on any atom is -0.206 e. The Hall–Kier alpha value is 0.160. The second-order valence-corrected chi connectivity index (χ2v) is 10.0. The second-order valence-electron chi connectivity index (χ2n) is 6.59. The molecule has 0 saturated heterocycles. The summed E-state index contributed by atoms with van der Waals surface area (Å²) >= 11 is 12.0. The van der Waals surface area contributed by atoms with E-state index in [2.05, 4.69) is 20.8 Å². The summed E-state index contributed by atoms with van der Waals surface area (Å²) in [6, 6.07) is 3.60. The Bertz CT molecular complexity index is 442. The van der Waals surface area contributed by atoms with E-state index in [0.29, 0.717) is 5.30 Å². The average Bonchev–Trinajstić information content (AvgIpc) is 2.12. The van der Waals surface area contributed by atoms with Gasteiger partial charge in [0.15, 0.2) is 0 Å². The molecule has 1 aromatic rings. The summed E-state index contributed by atoms with van der Waals surface area (Å²) in [7, 11) is 0. The molecule has 0 nitrogen and oxygen atoms in total. The van der Waals surface area contributed by atoms with Crippen molar-refractivity contribution in [2.75, 3.05) is 0 Å². The molecule has 0 atom stereocenters. The van der Waals surface area contributed by atoms with Crippen molar-refractivity contribution in [3.8, 4) is 0 Å². The molecule has 0 radical (unpaired) electrons. The Morgan fingerprint density at radius 3 is 1.78 bits per heavy atom. The van der Waals surface area contributed by atoms with Crippen molar-refractivity contribution in [2.45, 2.75) is 52.4 Å². The van der Waals surface area contributed by atoms with E-state index >= 15 is 0 Å². The van der Waals surface area contributed by atoms with Crippen LogP contribution < -0.4 is 5.30 Å². The molecule has 1 aromatic carbocycles. The van der Waals surface area contributed by atoms with Crippen LogP contribution >= 0.6 is 29.1 Å². The summed E-state index contributed by atoms with van der Waals surface area (Å²) in [5.41, 5.74) is 1.60. The molecule has 0 aliphatic rings. The Kier molecular flexibility index (Phi) is 4.75. The topological polar surface area (TPSA) is 0 Å². The summed E-state index contributed by atoms with van der Waals surface area (Å²) in [6.07, 6.45) is 0. The largest absolute Gasteiger partial charge is 0.206 e. The van der Waals surface area contributed by atoms with Gasteiger partial charge in [-0.15, -0.1) is 0 Å². The third-order valence-corrected chi connectivity index (χ3v) is 4.71. The number of benzene rings is 1. The van der Waals surface area contributed by atoms with E-state index in [-0.39, 0.29) is 16.6 Å². The van der Waals surface area contributed by atoms with Crippen LogP contribution in [-0.2, 0) is 10.8 Å². The number of rotatable bonds is 1. The maximum atomic E-state index is 14.3. The molecule has 0 aliphatic heterocycles. The molecule has 0 spiro atoms. The van der Waals surface area contributed by atoms with Gasteiger partial charge in [-0.3, -0.25) is 0 Å². The minimum absolute atomic E-state index is 0.0965. The highest BCUT2D eigenvalue weighted by atomic mass is 35.9. The number of halogens is 3. The van der Waals surface area contributed by atoms with Gasteiger partial charge in [0.1, 0.15) is 12.4 Å². The molecular weight excluding hydrogens is 289 g/mol. The van der Waals surface area contributed by atoms with E-state index in [1.165, 1.54) is 0 Å². The molecule has 0 heterocycles. The lowest BCUT2D eigenvalue weighted by Crippen LogP contribution is -2.25. The molecule has 0 N–H and O–H groups in total. The summed E-state index contributed by atoms with van der Waals surface area (Å²) in [5.74, 6) is -0.288. The van der Waals surface area contributed by atoms with Crippen molar-refractivity contribution >= 4 is 34.4 Å². The van der Waals surface area contributed by atoms with Crippen molar-refractivity contribution in [1.29, 1.82) is 0 Å². The van der Waals surface area contributed by atoms with Crippen LogP contribution in [0.25, 0.3) is 0 Å². The Balaban J connectivity index is 3.58. The Labute approximate surface area is 120 Å². The summed E-state index contributed by atoms with van der Waals surface area (Å²) in [6.45, 7) is 10.9. The molecule has 0 bridgehead atoms. The molecule has 1 rings (SSSR count). The first-order valence-corrected chi connectivity index (χ1v) is 9.06. The van der Waals surface area contributed by atoms with E-state index < -0.39 is 6.63 Å². The molecule has 0 saturated carbocycles. The van der Waals surface area contributed by atoms with Crippen LogP contribution in [0.4, 0.5) is 4.39 Å². The monoisotopic (exact) mass is 308 g/mol. The van der Waals surface area contributed by atoms with E-state index in [4.69, 9.17) is 22.5 Å². The zero-order valence-corrected chi connectivity index (χ0v) is 14.1. The number of hydrogen-bond donors (Lipinski definition) is 0. The standard InChI is InChI=1S/C14H20Cl2FP/c1-13(2,3)9-7-10(14(4,5)6)12(18(15)16)11(17)8-9/h7-8H,1-6H3. The fraction of sp³-hybridized carbons (Fsp3) is 0.571. The van der Waals surface area contributed by atoms with Crippen LogP contribution in [0.2, 0.25) is 0 Å². The molecule has 18 heavy (non-hydrogen) atoms. The molecular formula is C14H20Cl2FP. The second kappa shape index (κ2) is 5.27. The third-order valence-electron chi connectivity index (χ3n) is 2.91. The first kappa shape index (κ1) is 16.2. The van der Waals surface area contributed by atoms with Crippen LogP contribution in [0, 0.1) is 5.82 Å². The van der Waals surface area contributed by atoms with E-state index in [1.54, 1.807) is 6.07 Å². The fourth-order valence-electron chi connectivity index (χ4n) is 1.78.